The van der Waals surface area contributed by atoms with Crippen LogP contribution in [0.2, 0.25) is 0 Å². The molecule has 2 aromatic heterocycles. The van der Waals surface area contributed by atoms with Crippen LogP contribution in [0.3, 0.4) is 0 Å². The van der Waals surface area contributed by atoms with Crippen LogP contribution in [0.15, 0.2) is 41.5 Å². The van der Waals surface area contributed by atoms with Crippen molar-refractivity contribution in [2.45, 2.75) is 6.54 Å². The largest absolute Gasteiger partial charge is 0.367 e. The summed E-state index contributed by atoms with van der Waals surface area (Å²) in [6.45, 7) is 0.480. The van der Waals surface area contributed by atoms with E-state index in [2.05, 4.69) is 9.97 Å². The zero-order chi connectivity index (χ0) is 13.4. The van der Waals surface area contributed by atoms with Crippen molar-refractivity contribution in [3.8, 4) is 11.4 Å². The summed E-state index contributed by atoms with van der Waals surface area (Å²) in [4.78, 5) is 19.3. The number of aromatic amines is 1. The Labute approximate surface area is 109 Å². The fraction of sp³-hybridized carbons (Fsp3) is 0.143. The number of fused-ring (bicyclic) bond motifs is 1. The van der Waals surface area contributed by atoms with Gasteiger partial charge in [0.05, 0.1) is 16.6 Å². The molecule has 0 aliphatic heterocycles. The van der Waals surface area contributed by atoms with Crippen molar-refractivity contribution in [3.63, 3.8) is 0 Å². The Morgan fingerprint density at radius 3 is 2.95 bits per heavy atom. The lowest BCUT2D eigenvalue weighted by Crippen LogP contribution is -2.06. The van der Waals surface area contributed by atoms with Crippen LogP contribution in [0.25, 0.3) is 22.4 Å². The summed E-state index contributed by atoms with van der Waals surface area (Å²) in [5.41, 5.74) is 9.01. The maximum absolute atomic E-state index is 11.9. The molecule has 0 aliphatic carbocycles. The molecule has 3 N–H and O–H groups in total. The average molecular weight is 254 g/mol. The fourth-order valence-electron chi connectivity index (χ4n) is 2.20. The van der Waals surface area contributed by atoms with E-state index >= 15 is 0 Å². The van der Waals surface area contributed by atoms with E-state index < -0.39 is 0 Å². The van der Waals surface area contributed by atoms with Gasteiger partial charge in [0.15, 0.2) is 5.43 Å². The van der Waals surface area contributed by atoms with Crippen LogP contribution < -0.4 is 11.2 Å². The number of aromatic nitrogens is 3. The van der Waals surface area contributed by atoms with Gasteiger partial charge in [0.1, 0.15) is 5.82 Å². The summed E-state index contributed by atoms with van der Waals surface area (Å²) in [6.07, 6.45) is 3.29. The predicted molar refractivity (Wildman–Crippen MR) is 74.7 cm³/mol. The van der Waals surface area contributed by atoms with E-state index in [1.165, 1.54) is 6.07 Å². The van der Waals surface area contributed by atoms with Gasteiger partial charge in [-0.15, -0.1) is 0 Å². The fourth-order valence-corrected chi connectivity index (χ4v) is 2.20. The van der Waals surface area contributed by atoms with E-state index in [9.17, 15) is 4.79 Å². The van der Waals surface area contributed by atoms with Crippen LogP contribution in [0.4, 0.5) is 0 Å². The van der Waals surface area contributed by atoms with Crippen LogP contribution in [0.1, 0.15) is 5.56 Å². The number of nitrogens with one attached hydrogen (secondary N) is 1. The van der Waals surface area contributed by atoms with Crippen molar-refractivity contribution in [1.82, 2.24) is 14.5 Å². The summed E-state index contributed by atoms with van der Waals surface area (Å²) >= 11 is 0. The summed E-state index contributed by atoms with van der Waals surface area (Å²) in [7, 11) is 1.90. The Bertz CT molecular complexity index is 801. The molecule has 5 nitrogen and oxygen atoms in total. The Hall–Kier alpha value is -2.40. The van der Waals surface area contributed by atoms with Gasteiger partial charge < -0.3 is 15.3 Å². The van der Waals surface area contributed by atoms with Gasteiger partial charge in [-0.2, -0.15) is 0 Å². The molecule has 5 heteroatoms. The highest BCUT2D eigenvalue weighted by Crippen LogP contribution is 2.21. The number of hydrogen-bond acceptors (Lipinski definition) is 3. The van der Waals surface area contributed by atoms with Crippen LogP contribution >= 0.6 is 0 Å². The second-order valence-electron chi connectivity index (χ2n) is 4.44. The van der Waals surface area contributed by atoms with Gasteiger partial charge in [0.25, 0.3) is 0 Å². The molecule has 0 saturated carbocycles. The molecule has 3 aromatic rings. The van der Waals surface area contributed by atoms with Crippen LogP contribution in [0, 0.1) is 0 Å². The first-order valence-corrected chi connectivity index (χ1v) is 6.03. The lowest BCUT2D eigenvalue weighted by Gasteiger charge is -2.01. The lowest BCUT2D eigenvalue weighted by molar-refractivity contribution is 0.955. The molecule has 3 rings (SSSR count). The first-order chi connectivity index (χ1) is 9.20. The standard InChI is InChI=1S/C14H14N4O/c1-18-12-3-2-9(7-15)6-11(12)17-14(18)10-8-16-5-4-13(10)19/h2-6,8H,7,15H2,1H3,(H,16,19). The Morgan fingerprint density at radius 2 is 2.21 bits per heavy atom. The third-order valence-electron chi connectivity index (χ3n) is 3.25. The molecule has 96 valence electrons. The van der Waals surface area contributed by atoms with E-state index in [0.29, 0.717) is 17.9 Å². The monoisotopic (exact) mass is 254 g/mol. The van der Waals surface area contributed by atoms with E-state index in [1.54, 1.807) is 12.4 Å². The van der Waals surface area contributed by atoms with Crippen molar-refractivity contribution < 1.29 is 0 Å². The van der Waals surface area contributed by atoms with Gasteiger partial charge >= 0.3 is 0 Å². The molecule has 0 amide bonds. The van der Waals surface area contributed by atoms with Crippen LogP contribution in [-0.4, -0.2) is 14.5 Å². The molecule has 0 bridgehead atoms. The number of pyridine rings is 1. The van der Waals surface area contributed by atoms with Crippen molar-refractivity contribution in [3.05, 3.63) is 52.4 Å². The SMILES string of the molecule is Cn1c(-c2c[nH]ccc2=O)nc2cc(CN)ccc21. The molecular formula is C14H14N4O. The minimum absolute atomic E-state index is 0.0452. The molecule has 0 atom stereocenters. The number of rotatable bonds is 2. The zero-order valence-electron chi connectivity index (χ0n) is 10.6. The minimum atomic E-state index is -0.0452. The second kappa shape index (κ2) is 4.37. The molecule has 0 saturated heterocycles. The molecule has 0 unspecified atom stereocenters. The molecule has 0 aliphatic rings. The maximum atomic E-state index is 11.9. The highest BCUT2D eigenvalue weighted by molar-refractivity contribution is 5.81. The highest BCUT2D eigenvalue weighted by atomic mass is 16.1. The molecule has 0 fully saturated rings. The van der Waals surface area contributed by atoms with Gasteiger partial charge in [0.2, 0.25) is 0 Å². The summed E-state index contributed by atoms with van der Waals surface area (Å²) < 4.78 is 1.92. The molecule has 2 heterocycles. The van der Waals surface area contributed by atoms with Crippen molar-refractivity contribution in [2.75, 3.05) is 0 Å². The second-order valence-corrected chi connectivity index (χ2v) is 4.44. The number of benzene rings is 1. The third kappa shape index (κ3) is 1.84. The average Bonchev–Trinajstić information content (AvgIpc) is 2.76. The third-order valence-corrected chi connectivity index (χ3v) is 3.25. The number of H-pyrrole nitrogens is 1. The Morgan fingerprint density at radius 1 is 1.37 bits per heavy atom. The summed E-state index contributed by atoms with van der Waals surface area (Å²) in [6, 6.07) is 7.41. The maximum Gasteiger partial charge on any atom is 0.192 e. The predicted octanol–water partition coefficient (Wildman–Crippen LogP) is 1.39. The summed E-state index contributed by atoms with van der Waals surface area (Å²) in [5, 5.41) is 0. The van der Waals surface area contributed by atoms with Gasteiger partial charge in [-0.05, 0) is 17.7 Å². The summed E-state index contributed by atoms with van der Waals surface area (Å²) in [5.74, 6) is 0.658. The van der Waals surface area contributed by atoms with Gasteiger partial charge in [-0.1, -0.05) is 6.07 Å². The van der Waals surface area contributed by atoms with E-state index in [1.807, 2.05) is 29.8 Å². The highest BCUT2D eigenvalue weighted by Gasteiger charge is 2.12. The first-order valence-electron chi connectivity index (χ1n) is 6.03. The normalized spacial score (nSPS) is 11.1. The van der Waals surface area contributed by atoms with Crippen LogP contribution in [0.5, 0.6) is 0 Å². The smallest absolute Gasteiger partial charge is 0.192 e. The van der Waals surface area contributed by atoms with Gasteiger partial charge in [-0.25, -0.2) is 4.98 Å². The molecular weight excluding hydrogens is 240 g/mol. The molecule has 1 aromatic carbocycles. The number of imidazole rings is 1. The Kier molecular flexibility index (Phi) is 2.68. The topological polar surface area (TPSA) is 76.7 Å². The Balaban J connectivity index is 2.28. The number of aryl methyl sites for hydroxylation is 1. The van der Waals surface area contributed by atoms with Gasteiger partial charge in [-0.3, -0.25) is 4.79 Å². The zero-order valence-corrected chi connectivity index (χ0v) is 10.6. The first kappa shape index (κ1) is 11.7. The van der Waals surface area contributed by atoms with Crippen molar-refractivity contribution in [1.29, 1.82) is 0 Å². The van der Waals surface area contributed by atoms with Crippen molar-refractivity contribution in [2.24, 2.45) is 12.8 Å². The number of nitrogens with zero attached hydrogens (tertiary/aromatic N) is 2. The van der Waals surface area contributed by atoms with Gasteiger partial charge in [0, 0.05) is 32.1 Å². The quantitative estimate of drug-likeness (QED) is 0.725. The number of hydrogen-bond donors (Lipinski definition) is 2. The van der Waals surface area contributed by atoms with E-state index in [-0.39, 0.29) is 5.43 Å². The van der Waals surface area contributed by atoms with Crippen molar-refractivity contribution >= 4 is 11.0 Å². The lowest BCUT2D eigenvalue weighted by atomic mass is 10.2. The number of nitrogens with two attached hydrogens (primary N) is 1. The van der Waals surface area contributed by atoms with E-state index in [0.717, 1.165) is 16.6 Å². The molecule has 19 heavy (non-hydrogen) atoms. The molecule has 0 radical (unpaired) electrons. The van der Waals surface area contributed by atoms with Crippen LogP contribution in [-0.2, 0) is 13.6 Å². The minimum Gasteiger partial charge on any atom is -0.367 e. The molecule has 0 spiro atoms. The van der Waals surface area contributed by atoms with E-state index in [4.69, 9.17) is 5.73 Å².